The van der Waals surface area contributed by atoms with Gasteiger partial charge in [0.2, 0.25) is 0 Å². The Morgan fingerprint density at radius 2 is 2.20 bits per heavy atom. The van der Waals surface area contributed by atoms with Crippen LogP contribution in [0.2, 0.25) is 0 Å². The lowest BCUT2D eigenvalue weighted by molar-refractivity contribution is 0.162. The first kappa shape index (κ1) is 19.6. The molecule has 0 atom stereocenters. The highest BCUT2D eigenvalue weighted by atomic mass is 127. The minimum absolute atomic E-state index is 0. The SMILES string of the molecule is CN=C(NCCN(C)CCOC)NCc1ccsc1.I. The predicted molar refractivity (Wildman–Crippen MR) is 97.3 cm³/mol. The molecule has 116 valence electrons. The number of likely N-dealkylation sites (N-methyl/N-ethyl adjacent to an activating group) is 1. The Labute approximate surface area is 142 Å². The highest BCUT2D eigenvalue weighted by molar-refractivity contribution is 14.0. The lowest BCUT2D eigenvalue weighted by Crippen LogP contribution is -2.41. The van der Waals surface area contributed by atoms with E-state index in [4.69, 9.17) is 4.74 Å². The topological polar surface area (TPSA) is 48.9 Å². The number of guanidine groups is 1. The lowest BCUT2D eigenvalue weighted by atomic mass is 10.3. The van der Waals surface area contributed by atoms with Gasteiger partial charge in [-0.15, -0.1) is 24.0 Å². The average molecular weight is 412 g/mol. The molecule has 0 bridgehead atoms. The molecule has 0 aliphatic carbocycles. The zero-order valence-corrected chi connectivity index (χ0v) is 15.5. The van der Waals surface area contributed by atoms with Crippen LogP contribution in [0.4, 0.5) is 0 Å². The van der Waals surface area contributed by atoms with Crippen LogP contribution >= 0.6 is 35.3 Å². The molecule has 7 heteroatoms. The molecular formula is C13H25IN4OS. The van der Waals surface area contributed by atoms with E-state index >= 15 is 0 Å². The Hall–Kier alpha value is -0.380. The molecule has 0 spiro atoms. The van der Waals surface area contributed by atoms with Crippen molar-refractivity contribution in [3.05, 3.63) is 22.4 Å². The number of aliphatic imine (C=N–C) groups is 1. The number of methoxy groups -OCH3 is 1. The van der Waals surface area contributed by atoms with Crippen LogP contribution in [-0.2, 0) is 11.3 Å². The first-order chi connectivity index (χ1) is 9.26. The molecule has 5 nitrogen and oxygen atoms in total. The smallest absolute Gasteiger partial charge is 0.191 e. The number of rotatable bonds is 8. The molecule has 1 rings (SSSR count). The van der Waals surface area contributed by atoms with Crippen LogP contribution < -0.4 is 10.6 Å². The molecule has 20 heavy (non-hydrogen) atoms. The van der Waals surface area contributed by atoms with E-state index in [1.54, 1.807) is 25.5 Å². The monoisotopic (exact) mass is 412 g/mol. The van der Waals surface area contributed by atoms with Gasteiger partial charge in [-0.1, -0.05) is 0 Å². The van der Waals surface area contributed by atoms with Gasteiger partial charge in [0, 0.05) is 40.3 Å². The van der Waals surface area contributed by atoms with Crippen LogP contribution in [-0.4, -0.2) is 58.3 Å². The second-order valence-corrected chi connectivity index (χ2v) is 5.06. The fraction of sp³-hybridized carbons (Fsp3) is 0.615. The summed E-state index contributed by atoms with van der Waals surface area (Å²) in [5.74, 6) is 0.839. The first-order valence-corrected chi connectivity index (χ1v) is 7.33. The number of nitrogens with one attached hydrogen (secondary N) is 2. The molecule has 2 N–H and O–H groups in total. The number of halogens is 1. The fourth-order valence-corrected chi connectivity index (χ4v) is 2.19. The summed E-state index contributed by atoms with van der Waals surface area (Å²) < 4.78 is 5.04. The summed E-state index contributed by atoms with van der Waals surface area (Å²) in [5.41, 5.74) is 1.28. The lowest BCUT2D eigenvalue weighted by Gasteiger charge is -2.17. The van der Waals surface area contributed by atoms with Gasteiger partial charge in [-0.2, -0.15) is 11.3 Å². The Morgan fingerprint density at radius 3 is 2.80 bits per heavy atom. The maximum atomic E-state index is 5.04. The summed E-state index contributed by atoms with van der Waals surface area (Å²) in [4.78, 5) is 6.43. The quantitative estimate of drug-likeness (QED) is 0.387. The van der Waals surface area contributed by atoms with Crippen molar-refractivity contribution in [1.29, 1.82) is 0 Å². The standard InChI is InChI=1S/C13H24N4OS.HI/c1-14-13(16-10-12-4-9-19-11-12)15-5-6-17(2)7-8-18-3;/h4,9,11H,5-8,10H2,1-3H3,(H2,14,15,16);1H. The van der Waals surface area contributed by atoms with Crippen molar-refractivity contribution >= 4 is 41.3 Å². The summed E-state index contributed by atoms with van der Waals surface area (Å²) in [5, 5.41) is 10.8. The molecule has 0 amide bonds. The van der Waals surface area contributed by atoms with Crippen LogP contribution in [0, 0.1) is 0 Å². The van der Waals surface area contributed by atoms with Crippen molar-refractivity contribution in [3.8, 4) is 0 Å². The largest absolute Gasteiger partial charge is 0.383 e. The molecule has 0 aromatic carbocycles. The van der Waals surface area contributed by atoms with Gasteiger partial charge >= 0.3 is 0 Å². The molecule has 1 heterocycles. The Morgan fingerprint density at radius 1 is 1.40 bits per heavy atom. The molecular weight excluding hydrogens is 387 g/mol. The fourth-order valence-electron chi connectivity index (χ4n) is 1.52. The van der Waals surface area contributed by atoms with E-state index in [0.717, 1.165) is 38.7 Å². The summed E-state index contributed by atoms with van der Waals surface area (Å²) in [6.45, 7) is 4.34. The molecule has 0 radical (unpaired) electrons. The van der Waals surface area contributed by atoms with E-state index in [1.807, 2.05) is 0 Å². The van der Waals surface area contributed by atoms with Crippen LogP contribution in [0.15, 0.2) is 21.8 Å². The Balaban J connectivity index is 0.00000361. The van der Waals surface area contributed by atoms with E-state index in [0.29, 0.717) is 0 Å². The van der Waals surface area contributed by atoms with Crippen LogP contribution in [0.3, 0.4) is 0 Å². The van der Waals surface area contributed by atoms with E-state index in [1.165, 1.54) is 5.56 Å². The summed E-state index contributed by atoms with van der Waals surface area (Å²) in [7, 11) is 5.60. The van der Waals surface area contributed by atoms with Crippen LogP contribution in [0.1, 0.15) is 5.56 Å². The summed E-state index contributed by atoms with van der Waals surface area (Å²) in [6.07, 6.45) is 0. The number of hydrogen-bond donors (Lipinski definition) is 2. The number of nitrogens with zero attached hydrogens (tertiary/aromatic N) is 2. The van der Waals surface area contributed by atoms with Crippen molar-refractivity contribution in [1.82, 2.24) is 15.5 Å². The molecule has 0 saturated heterocycles. The van der Waals surface area contributed by atoms with Crippen molar-refractivity contribution in [2.45, 2.75) is 6.54 Å². The maximum Gasteiger partial charge on any atom is 0.191 e. The van der Waals surface area contributed by atoms with Crippen molar-refractivity contribution in [3.63, 3.8) is 0 Å². The van der Waals surface area contributed by atoms with E-state index in [2.05, 4.69) is 44.4 Å². The number of thiophene rings is 1. The van der Waals surface area contributed by atoms with Gasteiger partial charge in [-0.25, -0.2) is 0 Å². The third-order valence-electron chi connectivity index (χ3n) is 2.73. The molecule has 0 aliphatic heterocycles. The van der Waals surface area contributed by atoms with Crippen LogP contribution in [0.5, 0.6) is 0 Å². The highest BCUT2D eigenvalue weighted by Crippen LogP contribution is 2.04. The predicted octanol–water partition coefficient (Wildman–Crippen LogP) is 1.61. The first-order valence-electron chi connectivity index (χ1n) is 6.39. The average Bonchev–Trinajstić information content (AvgIpc) is 2.93. The molecule has 0 fully saturated rings. The van der Waals surface area contributed by atoms with E-state index in [-0.39, 0.29) is 24.0 Å². The minimum Gasteiger partial charge on any atom is -0.383 e. The van der Waals surface area contributed by atoms with Crippen molar-refractivity contribution in [2.24, 2.45) is 4.99 Å². The minimum atomic E-state index is 0. The van der Waals surface area contributed by atoms with Crippen molar-refractivity contribution < 1.29 is 4.74 Å². The third kappa shape index (κ3) is 8.72. The second-order valence-electron chi connectivity index (χ2n) is 4.28. The zero-order chi connectivity index (χ0) is 13.9. The second kappa shape index (κ2) is 12.4. The van der Waals surface area contributed by atoms with Gasteiger partial charge in [-0.3, -0.25) is 4.99 Å². The zero-order valence-electron chi connectivity index (χ0n) is 12.4. The highest BCUT2D eigenvalue weighted by Gasteiger charge is 2.00. The van der Waals surface area contributed by atoms with Crippen LogP contribution in [0.25, 0.3) is 0 Å². The normalized spacial score (nSPS) is 11.3. The molecule has 0 unspecified atom stereocenters. The molecule has 0 saturated carbocycles. The van der Waals surface area contributed by atoms with Gasteiger partial charge in [-0.05, 0) is 29.4 Å². The summed E-state index contributed by atoms with van der Waals surface area (Å²) >= 11 is 1.71. The van der Waals surface area contributed by atoms with E-state index < -0.39 is 0 Å². The van der Waals surface area contributed by atoms with Gasteiger partial charge < -0.3 is 20.3 Å². The summed E-state index contributed by atoms with van der Waals surface area (Å²) in [6, 6.07) is 2.11. The maximum absolute atomic E-state index is 5.04. The van der Waals surface area contributed by atoms with Gasteiger partial charge in [0.15, 0.2) is 5.96 Å². The molecule has 1 aromatic heterocycles. The number of ether oxygens (including phenoxy) is 1. The number of hydrogen-bond acceptors (Lipinski definition) is 4. The Kier molecular flexibility index (Phi) is 12.1. The van der Waals surface area contributed by atoms with Crippen molar-refractivity contribution in [2.75, 3.05) is 47.4 Å². The van der Waals surface area contributed by atoms with Gasteiger partial charge in [0.25, 0.3) is 0 Å². The van der Waals surface area contributed by atoms with Gasteiger partial charge in [0.1, 0.15) is 0 Å². The third-order valence-corrected chi connectivity index (χ3v) is 3.46. The van der Waals surface area contributed by atoms with Gasteiger partial charge in [0.05, 0.1) is 6.61 Å². The molecule has 1 aromatic rings. The Bertz CT molecular complexity index is 359. The molecule has 0 aliphatic rings. The van der Waals surface area contributed by atoms with E-state index in [9.17, 15) is 0 Å².